The third-order valence-electron chi connectivity index (χ3n) is 3.87. The number of urea groups is 1. The third kappa shape index (κ3) is 5.25. The Kier molecular flexibility index (Phi) is 6.39. The lowest BCUT2D eigenvalue weighted by atomic mass is 9.87. The number of aliphatic hydroxyl groups excluding tert-OH is 1. The first-order chi connectivity index (χ1) is 10.2. The average Bonchev–Trinajstić information content (AvgIpc) is 2.48. The molecule has 0 aromatic heterocycles. The number of benzene rings is 1. The van der Waals surface area contributed by atoms with Gasteiger partial charge in [-0.05, 0) is 43.1 Å². The summed E-state index contributed by atoms with van der Waals surface area (Å²) in [5, 5.41) is 15.5. The number of nitrogens with one attached hydrogen (secondary N) is 2. The number of anilines is 1. The fraction of sp³-hybridized carbons (Fsp3) is 0.562. The third-order valence-corrected chi connectivity index (χ3v) is 4.47. The van der Waals surface area contributed by atoms with E-state index in [1.54, 1.807) is 11.8 Å². The molecule has 1 fully saturated rings. The van der Waals surface area contributed by atoms with Crippen molar-refractivity contribution in [1.82, 2.24) is 5.32 Å². The van der Waals surface area contributed by atoms with Crippen molar-refractivity contribution in [3.05, 3.63) is 29.8 Å². The van der Waals surface area contributed by atoms with Crippen LogP contribution in [0, 0.1) is 5.92 Å². The Morgan fingerprint density at radius 2 is 2.19 bits per heavy atom. The molecule has 3 N–H and O–H groups in total. The second-order valence-corrected chi connectivity index (χ2v) is 6.48. The van der Waals surface area contributed by atoms with E-state index in [1.807, 2.05) is 30.5 Å². The number of hydrogen-bond donors (Lipinski definition) is 3. The summed E-state index contributed by atoms with van der Waals surface area (Å²) < 4.78 is 0. The van der Waals surface area contributed by atoms with Gasteiger partial charge in [0.25, 0.3) is 0 Å². The van der Waals surface area contributed by atoms with Crippen LogP contribution in [0.5, 0.6) is 0 Å². The van der Waals surface area contributed by atoms with E-state index in [0.717, 1.165) is 42.7 Å². The van der Waals surface area contributed by atoms with Crippen molar-refractivity contribution >= 4 is 23.5 Å². The van der Waals surface area contributed by atoms with Crippen LogP contribution in [0.15, 0.2) is 24.3 Å². The predicted octanol–water partition coefficient (Wildman–Crippen LogP) is 3.22. The van der Waals surface area contributed by atoms with E-state index in [1.165, 1.54) is 0 Å². The van der Waals surface area contributed by atoms with Gasteiger partial charge in [-0.2, -0.15) is 11.8 Å². The van der Waals surface area contributed by atoms with E-state index in [4.69, 9.17) is 0 Å². The minimum atomic E-state index is -0.198. The second-order valence-electron chi connectivity index (χ2n) is 5.61. The van der Waals surface area contributed by atoms with E-state index < -0.39 is 0 Å². The number of carbonyl (C=O) groups is 1. The molecular formula is C16H24N2O2S. The quantitative estimate of drug-likeness (QED) is 0.782. The number of carbonyl (C=O) groups excluding carboxylic acids is 1. The smallest absolute Gasteiger partial charge is 0.319 e. The molecule has 1 aliphatic carbocycles. The first-order valence-corrected chi connectivity index (χ1v) is 8.88. The first-order valence-electron chi connectivity index (χ1n) is 7.48. The lowest BCUT2D eigenvalue weighted by Gasteiger charge is -2.26. The predicted molar refractivity (Wildman–Crippen MR) is 88.6 cm³/mol. The van der Waals surface area contributed by atoms with Gasteiger partial charge >= 0.3 is 6.03 Å². The molecule has 116 valence electrons. The molecule has 0 bridgehead atoms. The highest BCUT2D eigenvalue weighted by Crippen LogP contribution is 2.23. The summed E-state index contributed by atoms with van der Waals surface area (Å²) in [6.45, 7) is 0.633. The molecule has 2 unspecified atom stereocenters. The van der Waals surface area contributed by atoms with Gasteiger partial charge in [0, 0.05) is 18.0 Å². The van der Waals surface area contributed by atoms with Crippen molar-refractivity contribution < 1.29 is 9.90 Å². The van der Waals surface area contributed by atoms with Crippen LogP contribution in [0.3, 0.4) is 0 Å². The van der Waals surface area contributed by atoms with Gasteiger partial charge < -0.3 is 15.7 Å². The van der Waals surface area contributed by atoms with Crippen molar-refractivity contribution in [3.63, 3.8) is 0 Å². The van der Waals surface area contributed by atoms with Crippen LogP contribution < -0.4 is 10.6 Å². The Labute approximate surface area is 130 Å². The highest BCUT2D eigenvalue weighted by atomic mass is 32.2. The molecule has 2 rings (SSSR count). The first kappa shape index (κ1) is 16.2. The zero-order valence-electron chi connectivity index (χ0n) is 12.5. The second kappa shape index (κ2) is 8.29. The normalized spacial score (nSPS) is 21.8. The van der Waals surface area contributed by atoms with Crippen LogP contribution in [0.4, 0.5) is 10.5 Å². The zero-order chi connectivity index (χ0) is 15.1. The van der Waals surface area contributed by atoms with Crippen LogP contribution >= 0.6 is 11.8 Å². The van der Waals surface area contributed by atoms with Crippen molar-refractivity contribution in [2.45, 2.75) is 37.5 Å². The Morgan fingerprint density at radius 1 is 1.38 bits per heavy atom. The van der Waals surface area contributed by atoms with E-state index in [-0.39, 0.29) is 12.1 Å². The topological polar surface area (TPSA) is 61.4 Å². The Balaban J connectivity index is 1.81. The Morgan fingerprint density at radius 3 is 2.95 bits per heavy atom. The van der Waals surface area contributed by atoms with E-state index in [0.29, 0.717) is 12.5 Å². The van der Waals surface area contributed by atoms with Crippen molar-refractivity contribution in [2.24, 2.45) is 5.92 Å². The van der Waals surface area contributed by atoms with Gasteiger partial charge in [-0.1, -0.05) is 24.6 Å². The van der Waals surface area contributed by atoms with Crippen molar-refractivity contribution in [1.29, 1.82) is 0 Å². The molecule has 2 atom stereocenters. The SMILES string of the molecule is CSCc1ccccc1NC(=O)NCC1CCCC(O)C1. The van der Waals surface area contributed by atoms with Crippen LogP contribution in [0.25, 0.3) is 0 Å². The lowest BCUT2D eigenvalue weighted by molar-refractivity contribution is 0.101. The summed E-state index contributed by atoms with van der Waals surface area (Å²) >= 11 is 1.73. The molecule has 5 heteroatoms. The summed E-state index contributed by atoms with van der Waals surface area (Å²) in [7, 11) is 0. The molecule has 1 aromatic rings. The molecule has 0 spiro atoms. The number of amides is 2. The monoisotopic (exact) mass is 308 g/mol. The van der Waals surface area contributed by atoms with E-state index >= 15 is 0 Å². The molecule has 1 aliphatic rings. The minimum absolute atomic E-state index is 0.163. The largest absolute Gasteiger partial charge is 0.393 e. The summed E-state index contributed by atoms with van der Waals surface area (Å²) in [5.74, 6) is 1.27. The maximum absolute atomic E-state index is 12.0. The van der Waals surface area contributed by atoms with Crippen molar-refractivity contribution in [3.8, 4) is 0 Å². The molecule has 1 saturated carbocycles. The van der Waals surface area contributed by atoms with Gasteiger partial charge in [0.2, 0.25) is 0 Å². The van der Waals surface area contributed by atoms with Gasteiger partial charge in [0.05, 0.1) is 6.10 Å². The number of rotatable bonds is 5. The summed E-state index contributed by atoms with van der Waals surface area (Å²) in [6.07, 6.45) is 5.67. The molecule has 0 radical (unpaired) electrons. The summed E-state index contributed by atoms with van der Waals surface area (Å²) in [4.78, 5) is 12.0. The molecule has 0 aliphatic heterocycles. The lowest BCUT2D eigenvalue weighted by Crippen LogP contribution is -2.35. The average molecular weight is 308 g/mol. The maximum Gasteiger partial charge on any atom is 0.319 e. The van der Waals surface area contributed by atoms with Gasteiger partial charge in [0.15, 0.2) is 0 Å². The van der Waals surface area contributed by atoms with Gasteiger partial charge in [-0.25, -0.2) is 4.79 Å². The summed E-state index contributed by atoms with van der Waals surface area (Å²) in [6, 6.07) is 7.71. The molecule has 21 heavy (non-hydrogen) atoms. The van der Waals surface area contributed by atoms with Gasteiger partial charge in [-0.3, -0.25) is 0 Å². The maximum atomic E-state index is 12.0. The molecule has 4 nitrogen and oxygen atoms in total. The van der Waals surface area contributed by atoms with Crippen LogP contribution in [-0.4, -0.2) is 30.0 Å². The van der Waals surface area contributed by atoms with Crippen LogP contribution in [-0.2, 0) is 5.75 Å². The molecule has 1 aromatic carbocycles. The number of hydrogen-bond acceptors (Lipinski definition) is 3. The zero-order valence-corrected chi connectivity index (χ0v) is 13.3. The number of aliphatic hydroxyl groups is 1. The molecule has 2 amide bonds. The Hall–Kier alpha value is -1.20. The Bertz CT molecular complexity index is 467. The van der Waals surface area contributed by atoms with Crippen LogP contribution in [0.1, 0.15) is 31.2 Å². The van der Waals surface area contributed by atoms with Gasteiger partial charge in [-0.15, -0.1) is 0 Å². The highest BCUT2D eigenvalue weighted by molar-refractivity contribution is 7.97. The fourth-order valence-electron chi connectivity index (χ4n) is 2.78. The van der Waals surface area contributed by atoms with Crippen molar-refractivity contribution in [2.75, 3.05) is 18.1 Å². The highest BCUT2D eigenvalue weighted by Gasteiger charge is 2.20. The van der Waals surface area contributed by atoms with E-state index in [9.17, 15) is 9.90 Å². The minimum Gasteiger partial charge on any atom is -0.393 e. The van der Waals surface area contributed by atoms with Gasteiger partial charge in [0.1, 0.15) is 0 Å². The molecule has 0 heterocycles. The number of thioether (sulfide) groups is 1. The standard InChI is InChI=1S/C16H24N2O2S/c1-21-11-13-6-2-3-8-15(13)18-16(20)17-10-12-5-4-7-14(19)9-12/h2-3,6,8,12,14,19H,4-5,7,9-11H2,1H3,(H2,17,18,20). The van der Waals surface area contributed by atoms with Crippen LogP contribution in [0.2, 0.25) is 0 Å². The molecule has 0 saturated heterocycles. The number of para-hydroxylation sites is 1. The summed E-state index contributed by atoms with van der Waals surface area (Å²) in [5.41, 5.74) is 2.00. The molecular weight excluding hydrogens is 284 g/mol. The van der Waals surface area contributed by atoms with E-state index in [2.05, 4.69) is 10.6 Å². The fourth-order valence-corrected chi connectivity index (χ4v) is 3.34.